The standard InChI is InChI=1S/C17H35N/c1-8-10-11-12-13-16(14-17(4,5)6)18(7)15(3)9-2/h14-15H,8-13H2,1-7H3/b16-14-. The third-order valence-corrected chi connectivity index (χ3v) is 3.59. The predicted octanol–water partition coefficient (Wildman–Crippen LogP) is 5.62. The SMILES string of the molecule is CCCCCC/C(=C/C(C)(C)C)N(C)C(C)CC. The van der Waals surface area contributed by atoms with Gasteiger partial charge in [-0.25, -0.2) is 0 Å². The maximum Gasteiger partial charge on any atom is 0.0252 e. The van der Waals surface area contributed by atoms with Gasteiger partial charge in [-0.3, -0.25) is 0 Å². The van der Waals surface area contributed by atoms with Gasteiger partial charge >= 0.3 is 0 Å². The minimum absolute atomic E-state index is 0.280. The largest absolute Gasteiger partial charge is 0.375 e. The fourth-order valence-corrected chi connectivity index (χ4v) is 2.14. The summed E-state index contributed by atoms with van der Waals surface area (Å²) in [5.41, 5.74) is 1.81. The summed E-state index contributed by atoms with van der Waals surface area (Å²) >= 11 is 0. The maximum absolute atomic E-state index is 2.48. The second-order valence-corrected chi connectivity index (χ2v) is 6.68. The number of unbranched alkanes of at least 4 members (excludes halogenated alkanes) is 3. The number of hydrogen-bond acceptors (Lipinski definition) is 1. The Kier molecular flexibility index (Phi) is 8.39. The van der Waals surface area contributed by atoms with Gasteiger partial charge < -0.3 is 4.90 Å². The third kappa shape index (κ3) is 7.79. The summed E-state index contributed by atoms with van der Waals surface area (Å²) < 4.78 is 0. The van der Waals surface area contributed by atoms with E-state index in [1.165, 1.54) is 44.2 Å². The zero-order valence-corrected chi connectivity index (χ0v) is 13.8. The third-order valence-electron chi connectivity index (χ3n) is 3.59. The van der Waals surface area contributed by atoms with E-state index < -0.39 is 0 Å². The van der Waals surface area contributed by atoms with Gasteiger partial charge in [-0.2, -0.15) is 0 Å². The van der Waals surface area contributed by atoms with Crippen molar-refractivity contribution in [2.24, 2.45) is 5.41 Å². The molecule has 0 fully saturated rings. The monoisotopic (exact) mass is 253 g/mol. The summed E-state index contributed by atoms with van der Waals surface area (Å²) in [5.74, 6) is 0. The number of rotatable bonds is 8. The molecular weight excluding hydrogens is 218 g/mol. The van der Waals surface area contributed by atoms with E-state index in [0.29, 0.717) is 6.04 Å². The van der Waals surface area contributed by atoms with Crippen molar-refractivity contribution in [1.82, 2.24) is 4.90 Å². The molecule has 0 saturated carbocycles. The summed E-state index contributed by atoms with van der Waals surface area (Å²) in [6.45, 7) is 13.8. The quantitative estimate of drug-likeness (QED) is 0.508. The highest BCUT2D eigenvalue weighted by Crippen LogP contribution is 2.24. The summed E-state index contributed by atoms with van der Waals surface area (Å²) in [6.07, 6.45) is 10.3. The van der Waals surface area contributed by atoms with E-state index >= 15 is 0 Å². The van der Waals surface area contributed by atoms with Crippen LogP contribution in [0.5, 0.6) is 0 Å². The van der Waals surface area contributed by atoms with E-state index in [0.717, 1.165) is 0 Å². The van der Waals surface area contributed by atoms with Crippen LogP contribution in [0.25, 0.3) is 0 Å². The first-order valence-electron chi connectivity index (χ1n) is 7.76. The predicted molar refractivity (Wildman–Crippen MR) is 83.8 cm³/mol. The molecule has 0 amide bonds. The molecular formula is C17H35N. The Morgan fingerprint density at radius 2 is 1.72 bits per heavy atom. The van der Waals surface area contributed by atoms with Crippen LogP contribution in [-0.2, 0) is 0 Å². The van der Waals surface area contributed by atoms with Crippen molar-refractivity contribution in [3.05, 3.63) is 11.8 Å². The van der Waals surface area contributed by atoms with E-state index in [9.17, 15) is 0 Å². The van der Waals surface area contributed by atoms with E-state index in [-0.39, 0.29) is 5.41 Å². The first-order chi connectivity index (χ1) is 8.31. The van der Waals surface area contributed by atoms with Crippen LogP contribution >= 0.6 is 0 Å². The van der Waals surface area contributed by atoms with Crippen molar-refractivity contribution in [2.75, 3.05) is 7.05 Å². The lowest BCUT2D eigenvalue weighted by Crippen LogP contribution is -2.28. The Morgan fingerprint density at radius 1 is 1.11 bits per heavy atom. The van der Waals surface area contributed by atoms with Gasteiger partial charge in [0, 0.05) is 18.8 Å². The number of allylic oxidation sites excluding steroid dienone is 2. The van der Waals surface area contributed by atoms with Crippen molar-refractivity contribution in [3.8, 4) is 0 Å². The van der Waals surface area contributed by atoms with Crippen LogP contribution in [0.2, 0.25) is 0 Å². The van der Waals surface area contributed by atoms with Crippen LogP contribution in [0.4, 0.5) is 0 Å². The lowest BCUT2D eigenvalue weighted by Gasteiger charge is -2.31. The van der Waals surface area contributed by atoms with Gasteiger partial charge in [0.2, 0.25) is 0 Å². The molecule has 1 atom stereocenters. The summed E-state index contributed by atoms with van der Waals surface area (Å²) in [4.78, 5) is 2.48. The van der Waals surface area contributed by atoms with Crippen molar-refractivity contribution < 1.29 is 0 Å². The van der Waals surface area contributed by atoms with E-state index in [2.05, 4.69) is 59.6 Å². The molecule has 1 unspecified atom stereocenters. The molecule has 0 bridgehead atoms. The van der Waals surface area contributed by atoms with Crippen molar-refractivity contribution >= 4 is 0 Å². The highest BCUT2D eigenvalue weighted by Gasteiger charge is 2.14. The Morgan fingerprint density at radius 3 is 2.17 bits per heavy atom. The molecule has 0 aliphatic heterocycles. The second-order valence-electron chi connectivity index (χ2n) is 6.68. The summed E-state index contributed by atoms with van der Waals surface area (Å²) in [5, 5.41) is 0. The molecule has 0 heterocycles. The normalized spacial score (nSPS) is 14.7. The first kappa shape index (κ1) is 17.5. The topological polar surface area (TPSA) is 3.24 Å². The minimum atomic E-state index is 0.280. The Labute approximate surface area is 116 Å². The first-order valence-corrected chi connectivity index (χ1v) is 7.76. The average molecular weight is 253 g/mol. The highest BCUT2D eigenvalue weighted by atomic mass is 15.1. The molecule has 0 radical (unpaired) electrons. The molecule has 18 heavy (non-hydrogen) atoms. The fourth-order valence-electron chi connectivity index (χ4n) is 2.14. The molecule has 0 rings (SSSR count). The average Bonchev–Trinajstić information content (AvgIpc) is 2.29. The molecule has 1 nitrogen and oxygen atoms in total. The maximum atomic E-state index is 2.48. The van der Waals surface area contributed by atoms with Gasteiger partial charge in [0.15, 0.2) is 0 Å². The molecule has 0 aromatic rings. The van der Waals surface area contributed by atoms with Crippen molar-refractivity contribution in [3.63, 3.8) is 0 Å². The molecule has 0 aliphatic carbocycles. The van der Waals surface area contributed by atoms with Crippen molar-refractivity contribution in [2.45, 2.75) is 86.1 Å². The van der Waals surface area contributed by atoms with Gasteiger partial charge in [0.05, 0.1) is 0 Å². The van der Waals surface area contributed by atoms with Gasteiger partial charge in [0.1, 0.15) is 0 Å². The smallest absolute Gasteiger partial charge is 0.0252 e. The number of nitrogens with zero attached hydrogens (tertiary/aromatic N) is 1. The minimum Gasteiger partial charge on any atom is -0.375 e. The molecule has 0 spiro atoms. The van der Waals surface area contributed by atoms with Crippen LogP contribution in [0, 0.1) is 5.41 Å². The van der Waals surface area contributed by atoms with Crippen LogP contribution in [-0.4, -0.2) is 18.0 Å². The van der Waals surface area contributed by atoms with Crippen LogP contribution in [0.1, 0.15) is 80.1 Å². The lowest BCUT2D eigenvalue weighted by atomic mass is 9.93. The van der Waals surface area contributed by atoms with Crippen LogP contribution in [0.15, 0.2) is 11.8 Å². The zero-order chi connectivity index (χ0) is 14.2. The molecule has 0 aromatic carbocycles. The number of hydrogen-bond donors (Lipinski definition) is 0. The molecule has 108 valence electrons. The van der Waals surface area contributed by atoms with Crippen LogP contribution < -0.4 is 0 Å². The van der Waals surface area contributed by atoms with Crippen LogP contribution in [0.3, 0.4) is 0 Å². The fraction of sp³-hybridized carbons (Fsp3) is 0.882. The van der Waals surface area contributed by atoms with Crippen molar-refractivity contribution in [1.29, 1.82) is 0 Å². The van der Waals surface area contributed by atoms with Gasteiger partial charge in [-0.05, 0) is 31.6 Å². The Bertz CT molecular complexity index is 234. The molecule has 0 N–H and O–H groups in total. The van der Waals surface area contributed by atoms with E-state index in [1.54, 1.807) is 0 Å². The zero-order valence-electron chi connectivity index (χ0n) is 13.8. The Hall–Kier alpha value is -0.460. The summed E-state index contributed by atoms with van der Waals surface area (Å²) in [7, 11) is 2.26. The Balaban J connectivity index is 4.58. The lowest BCUT2D eigenvalue weighted by molar-refractivity contribution is 0.296. The van der Waals surface area contributed by atoms with E-state index in [4.69, 9.17) is 0 Å². The van der Waals surface area contributed by atoms with Gasteiger partial charge in [-0.1, -0.05) is 60.0 Å². The highest BCUT2D eigenvalue weighted by molar-refractivity contribution is 5.06. The molecule has 1 heteroatoms. The molecule has 0 aromatic heterocycles. The molecule has 0 aliphatic rings. The second kappa shape index (κ2) is 8.61. The molecule has 0 saturated heterocycles. The van der Waals surface area contributed by atoms with Gasteiger partial charge in [-0.15, -0.1) is 0 Å². The summed E-state index contributed by atoms with van der Waals surface area (Å²) in [6, 6.07) is 0.643. The van der Waals surface area contributed by atoms with Gasteiger partial charge in [0.25, 0.3) is 0 Å². The van der Waals surface area contributed by atoms with E-state index in [1.807, 2.05) is 0 Å².